The van der Waals surface area contributed by atoms with E-state index in [4.69, 9.17) is 4.74 Å². The molecule has 0 atom stereocenters. The van der Waals surface area contributed by atoms with E-state index in [2.05, 4.69) is 12.2 Å². The molecule has 3 aromatic rings. The fraction of sp³-hybridized carbons (Fsp3) is 0.136. The van der Waals surface area contributed by atoms with Crippen LogP contribution in [0.1, 0.15) is 29.5 Å². The minimum absolute atomic E-state index is 0.0487. The smallest absolute Gasteiger partial charge is 0.236 e. The number of para-hydroxylation sites is 2. The largest absolute Gasteiger partial charge is 0.457 e. The number of aryl methyl sites for hydroxylation is 1. The Bertz CT molecular complexity index is 870. The molecule has 1 aliphatic rings. The summed E-state index contributed by atoms with van der Waals surface area (Å²) in [6, 6.07) is 23.4. The van der Waals surface area contributed by atoms with E-state index in [0.717, 1.165) is 34.7 Å². The number of hydrogen-bond acceptors (Lipinski definition) is 2. The van der Waals surface area contributed by atoms with Crippen LogP contribution in [0, 0.1) is 0 Å². The Morgan fingerprint density at radius 1 is 0.880 bits per heavy atom. The molecule has 0 saturated heterocycles. The molecule has 0 aliphatic carbocycles. The molecule has 0 saturated carbocycles. The molecule has 25 heavy (non-hydrogen) atoms. The van der Waals surface area contributed by atoms with Crippen molar-refractivity contribution in [2.24, 2.45) is 0 Å². The number of nitrogens with one attached hydrogen (secondary N) is 1. The number of fused-ring (bicyclic) bond motifs is 2. The highest BCUT2D eigenvalue weighted by molar-refractivity contribution is 5.99. The zero-order valence-electron chi connectivity index (χ0n) is 14.0. The molecule has 1 heterocycles. The first kappa shape index (κ1) is 15.5. The molecule has 3 aromatic carbocycles. The van der Waals surface area contributed by atoms with Gasteiger partial charge >= 0.3 is 0 Å². The van der Waals surface area contributed by atoms with E-state index in [1.807, 2.05) is 72.8 Å². The van der Waals surface area contributed by atoms with E-state index < -0.39 is 0 Å². The summed E-state index contributed by atoms with van der Waals surface area (Å²) >= 11 is 0. The summed E-state index contributed by atoms with van der Waals surface area (Å²) in [5.41, 5.74) is 3.84. The third-order valence-electron chi connectivity index (χ3n) is 4.57. The van der Waals surface area contributed by atoms with Gasteiger partial charge in [0.15, 0.2) is 0 Å². The predicted octanol–water partition coefficient (Wildman–Crippen LogP) is 5.13. The Balaban J connectivity index is 1.70. The average molecular weight is 329 g/mol. The Hall–Kier alpha value is -3.07. The first-order chi connectivity index (χ1) is 12.3. The van der Waals surface area contributed by atoms with E-state index in [1.54, 1.807) is 0 Å². The van der Waals surface area contributed by atoms with Crippen LogP contribution < -0.4 is 10.1 Å². The molecule has 0 bridgehead atoms. The van der Waals surface area contributed by atoms with Crippen LogP contribution >= 0.6 is 0 Å². The van der Waals surface area contributed by atoms with Crippen molar-refractivity contribution in [3.05, 3.63) is 89.5 Å². The number of amides is 1. The first-order valence-corrected chi connectivity index (χ1v) is 8.52. The van der Waals surface area contributed by atoms with Crippen LogP contribution in [0.5, 0.6) is 11.5 Å². The maximum Gasteiger partial charge on any atom is 0.236 e. The van der Waals surface area contributed by atoms with E-state index in [-0.39, 0.29) is 11.8 Å². The summed E-state index contributed by atoms with van der Waals surface area (Å²) in [6.07, 6.45) is 0.981. The Kier molecular flexibility index (Phi) is 3.98. The molecule has 3 nitrogen and oxygen atoms in total. The number of hydrogen-bond donors (Lipinski definition) is 1. The highest BCUT2D eigenvalue weighted by Crippen LogP contribution is 2.44. The second-order valence-corrected chi connectivity index (χ2v) is 6.15. The molecule has 124 valence electrons. The lowest BCUT2D eigenvalue weighted by Crippen LogP contribution is -2.25. The van der Waals surface area contributed by atoms with Crippen molar-refractivity contribution in [3.63, 3.8) is 0 Å². The SMILES string of the molecule is CCc1ccc(NC(=O)C2c3ccccc3Oc3ccccc32)cc1. The molecule has 4 rings (SSSR count). The van der Waals surface area contributed by atoms with Gasteiger partial charge in [-0.2, -0.15) is 0 Å². The first-order valence-electron chi connectivity index (χ1n) is 8.52. The highest BCUT2D eigenvalue weighted by Gasteiger charge is 2.32. The van der Waals surface area contributed by atoms with Crippen LogP contribution in [0.15, 0.2) is 72.8 Å². The van der Waals surface area contributed by atoms with Crippen LogP contribution in [0.2, 0.25) is 0 Å². The van der Waals surface area contributed by atoms with Gasteiger partial charge in [-0.05, 0) is 36.2 Å². The van der Waals surface area contributed by atoms with Gasteiger partial charge in [0.05, 0.1) is 5.92 Å². The second kappa shape index (κ2) is 6.44. The Morgan fingerprint density at radius 3 is 2.00 bits per heavy atom. The zero-order chi connectivity index (χ0) is 17.2. The lowest BCUT2D eigenvalue weighted by molar-refractivity contribution is -0.116. The van der Waals surface area contributed by atoms with Crippen LogP contribution in [-0.2, 0) is 11.2 Å². The van der Waals surface area contributed by atoms with Crippen molar-refractivity contribution in [1.29, 1.82) is 0 Å². The van der Waals surface area contributed by atoms with Crippen LogP contribution in [-0.4, -0.2) is 5.91 Å². The predicted molar refractivity (Wildman–Crippen MR) is 99.3 cm³/mol. The molecule has 0 aromatic heterocycles. The summed E-state index contributed by atoms with van der Waals surface area (Å²) in [5, 5.41) is 3.05. The molecule has 0 unspecified atom stereocenters. The maximum atomic E-state index is 13.1. The number of anilines is 1. The molecule has 0 fully saturated rings. The normalized spacial score (nSPS) is 12.7. The van der Waals surface area contributed by atoms with Crippen molar-refractivity contribution < 1.29 is 9.53 Å². The van der Waals surface area contributed by atoms with Crippen LogP contribution in [0.25, 0.3) is 0 Å². The van der Waals surface area contributed by atoms with E-state index >= 15 is 0 Å². The minimum atomic E-state index is -0.382. The van der Waals surface area contributed by atoms with Crippen molar-refractivity contribution >= 4 is 11.6 Å². The topological polar surface area (TPSA) is 38.3 Å². The average Bonchev–Trinajstić information content (AvgIpc) is 2.66. The van der Waals surface area contributed by atoms with Gasteiger partial charge in [0, 0.05) is 16.8 Å². The molecule has 1 N–H and O–H groups in total. The van der Waals surface area contributed by atoms with Gasteiger partial charge in [0.2, 0.25) is 5.91 Å². The quantitative estimate of drug-likeness (QED) is 0.724. The second-order valence-electron chi connectivity index (χ2n) is 6.15. The van der Waals surface area contributed by atoms with Crippen molar-refractivity contribution in [3.8, 4) is 11.5 Å². The molecule has 1 aliphatic heterocycles. The Morgan fingerprint density at radius 2 is 1.44 bits per heavy atom. The van der Waals surface area contributed by atoms with Gasteiger partial charge in [0.1, 0.15) is 11.5 Å². The maximum absolute atomic E-state index is 13.1. The third-order valence-corrected chi connectivity index (χ3v) is 4.57. The molecule has 0 radical (unpaired) electrons. The van der Waals surface area contributed by atoms with Crippen molar-refractivity contribution in [2.75, 3.05) is 5.32 Å². The fourth-order valence-corrected chi connectivity index (χ4v) is 3.23. The standard InChI is InChI=1S/C22H19NO2/c1-2-15-11-13-16(14-12-15)23-22(24)21-17-7-3-5-9-19(17)25-20-10-6-4-8-18(20)21/h3-14,21H,2H2,1H3,(H,23,24). The van der Waals surface area contributed by atoms with Gasteiger partial charge < -0.3 is 10.1 Å². The van der Waals surface area contributed by atoms with Crippen LogP contribution in [0.4, 0.5) is 5.69 Å². The summed E-state index contributed by atoms with van der Waals surface area (Å²) in [7, 11) is 0. The minimum Gasteiger partial charge on any atom is -0.457 e. The summed E-state index contributed by atoms with van der Waals surface area (Å²) in [4.78, 5) is 13.1. The number of ether oxygens (including phenoxy) is 1. The molecular formula is C22H19NO2. The number of carbonyl (C=O) groups is 1. The molecule has 3 heteroatoms. The van der Waals surface area contributed by atoms with Gasteiger partial charge in [-0.25, -0.2) is 0 Å². The number of benzene rings is 3. The van der Waals surface area contributed by atoms with Gasteiger partial charge in [-0.1, -0.05) is 55.5 Å². The fourth-order valence-electron chi connectivity index (χ4n) is 3.23. The summed E-state index contributed by atoms with van der Waals surface area (Å²) < 4.78 is 5.96. The molecular weight excluding hydrogens is 310 g/mol. The molecule has 1 amide bonds. The van der Waals surface area contributed by atoms with Crippen LogP contribution in [0.3, 0.4) is 0 Å². The monoisotopic (exact) mass is 329 g/mol. The van der Waals surface area contributed by atoms with Crippen molar-refractivity contribution in [1.82, 2.24) is 0 Å². The lowest BCUT2D eigenvalue weighted by Gasteiger charge is -2.27. The summed E-state index contributed by atoms with van der Waals surface area (Å²) in [5.74, 6) is 1.05. The van der Waals surface area contributed by atoms with Gasteiger partial charge in [-0.3, -0.25) is 4.79 Å². The van der Waals surface area contributed by atoms with E-state index in [9.17, 15) is 4.79 Å². The van der Waals surface area contributed by atoms with Crippen molar-refractivity contribution in [2.45, 2.75) is 19.3 Å². The number of carbonyl (C=O) groups excluding carboxylic acids is 1. The molecule has 0 spiro atoms. The van der Waals surface area contributed by atoms with E-state index in [1.165, 1.54) is 5.56 Å². The summed E-state index contributed by atoms with van der Waals surface area (Å²) in [6.45, 7) is 2.11. The Labute approximate surface area is 147 Å². The lowest BCUT2D eigenvalue weighted by atomic mass is 9.87. The van der Waals surface area contributed by atoms with E-state index in [0.29, 0.717) is 0 Å². The zero-order valence-corrected chi connectivity index (χ0v) is 14.0. The van der Waals surface area contributed by atoms with Gasteiger partial charge in [-0.15, -0.1) is 0 Å². The third kappa shape index (κ3) is 2.89. The van der Waals surface area contributed by atoms with Gasteiger partial charge in [0.25, 0.3) is 0 Å². The number of rotatable bonds is 3. The highest BCUT2D eigenvalue weighted by atomic mass is 16.5.